The van der Waals surface area contributed by atoms with Gasteiger partial charge in [-0.15, -0.1) is 0 Å². The zero-order chi connectivity index (χ0) is 15.1. The highest BCUT2D eigenvalue weighted by atomic mass is 15.0. The van der Waals surface area contributed by atoms with Crippen LogP contribution >= 0.6 is 0 Å². The van der Waals surface area contributed by atoms with Crippen LogP contribution in [0.1, 0.15) is 30.5 Å². The van der Waals surface area contributed by atoms with Gasteiger partial charge < -0.3 is 0 Å². The Hall–Kier alpha value is -2.41. The van der Waals surface area contributed by atoms with E-state index >= 15 is 0 Å². The molecule has 1 nitrogen and oxygen atoms in total. The number of nitrogens with zero attached hydrogens (tertiary/aromatic N) is 1. The van der Waals surface area contributed by atoms with Crippen LogP contribution in [0.25, 0.3) is 22.4 Å². The lowest BCUT2D eigenvalue weighted by Gasteiger charge is -2.09. The average molecular weight is 286 g/mol. The van der Waals surface area contributed by atoms with E-state index in [2.05, 4.69) is 85.3 Å². The molecule has 0 radical (unpaired) electrons. The molecule has 3 aromatic rings. The van der Waals surface area contributed by atoms with Gasteiger partial charge >= 0.3 is 0 Å². The Morgan fingerprint density at radius 2 is 1.64 bits per heavy atom. The fourth-order valence-corrected chi connectivity index (χ4v) is 3.65. The van der Waals surface area contributed by atoms with Gasteiger partial charge in [0.15, 0.2) is 12.2 Å². The van der Waals surface area contributed by atoms with Gasteiger partial charge in [0.25, 0.3) is 0 Å². The predicted octanol–water partition coefficient (Wildman–Crippen LogP) is 4.93. The van der Waals surface area contributed by atoms with E-state index in [-0.39, 0.29) is 0 Å². The van der Waals surface area contributed by atoms with Crippen LogP contribution in [0.3, 0.4) is 0 Å². The Balaban J connectivity index is 1.95. The second-order valence-corrected chi connectivity index (χ2v) is 6.04. The van der Waals surface area contributed by atoms with Crippen LogP contribution in [0.2, 0.25) is 0 Å². The van der Waals surface area contributed by atoms with Gasteiger partial charge in [-0.3, -0.25) is 0 Å². The third-order valence-corrected chi connectivity index (χ3v) is 4.73. The molecule has 0 fully saturated rings. The first-order valence-electron chi connectivity index (χ1n) is 8.00. The topological polar surface area (TPSA) is 3.88 Å². The first kappa shape index (κ1) is 13.3. The lowest BCUT2D eigenvalue weighted by atomic mass is 10.00. The highest BCUT2D eigenvalue weighted by molar-refractivity contribution is 5.71. The van der Waals surface area contributed by atoms with Crippen molar-refractivity contribution in [1.29, 1.82) is 0 Å². The van der Waals surface area contributed by atoms with E-state index in [0.29, 0.717) is 6.04 Å². The van der Waals surface area contributed by atoms with Gasteiger partial charge in [0.05, 0.1) is 5.56 Å². The summed E-state index contributed by atoms with van der Waals surface area (Å²) in [6.45, 7) is 4.48. The number of aryl methyl sites for hydroxylation is 1. The van der Waals surface area contributed by atoms with Gasteiger partial charge in [0.1, 0.15) is 0 Å². The molecule has 0 saturated heterocycles. The summed E-state index contributed by atoms with van der Waals surface area (Å²) in [6, 6.07) is 22.3. The first-order chi connectivity index (χ1) is 10.8. The van der Waals surface area contributed by atoms with Gasteiger partial charge in [0, 0.05) is 23.6 Å². The van der Waals surface area contributed by atoms with Crippen molar-refractivity contribution >= 4 is 0 Å². The van der Waals surface area contributed by atoms with E-state index < -0.39 is 0 Å². The molecule has 108 valence electrons. The maximum absolute atomic E-state index is 2.46. The van der Waals surface area contributed by atoms with Gasteiger partial charge in [-0.05, 0) is 24.1 Å². The summed E-state index contributed by atoms with van der Waals surface area (Å²) in [5, 5.41) is 0. The van der Waals surface area contributed by atoms with Gasteiger partial charge in [-0.25, -0.2) is 0 Å². The molecule has 1 unspecified atom stereocenters. The fourth-order valence-electron chi connectivity index (χ4n) is 3.65. The molecule has 1 heteroatoms. The van der Waals surface area contributed by atoms with E-state index in [4.69, 9.17) is 0 Å². The molecule has 0 spiro atoms. The summed E-state index contributed by atoms with van der Waals surface area (Å²) >= 11 is 0. The van der Waals surface area contributed by atoms with Crippen molar-refractivity contribution in [1.82, 2.24) is 0 Å². The third-order valence-electron chi connectivity index (χ3n) is 4.73. The minimum absolute atomic E-state index is 0.453. The number of benzene rings is 2. The summed E-state index contributed by atoms with van der Waals surface area (Å²) in [5.74, 6) is 0. The number of pyridine rings is 1. The van der Waals surface area contributed by atoms with Crippen molar-refractivity contribution in [2.45, 2.75) is 26.3 Å². The largest absolute Gasteiger partial charge is 0.213 e. The molecule has 0 saturated carbocycles. The molecule has 0 N–H and O–H groups in total. The van der Waals surface area contributed by atoms with Crippen LogP contribution in [-0.2, 0) is 0 Å². The molecule has 2 aromatic carbocycles. The Morgan fingerprint density at radius 3 is 2.41 bits per heavy atom. The van der Waals surface area contributed by atoms with Crippen molar-refractivity contribution in [2.24, 2.45) is 0 Å². The van der Waals surface area contributed by atoms with E-state index in [1.807, 2.05) is 0 Å². The minimum atomic E-state index is 0.453. The molecule has 0 amide bonds. The maximum Gasteiger partial charge on any atom is 0.213 e. The fraction of sp³-hybridized carbons (Fsp3) is 0.190. The summed E-state index contributed by atoms with van der Waals surface area (Å²) in [4.78, 5) is 0. The normalized spacial score (nSPS) is 15.5. The molecule has 22 heavy (non-hydrogen) atoms. The standard InChI is InChI=1S/C21H20N/c1-3-20-17-11-7-8-12-18(17)21-13-15(2)19(14-22(20)21)16-9-5-4-6-10-16/h4-14,20H,3H2,1-2H3/q+1. The first-order valence-corrected chi connectivity index (χ1v) is 8.00. The minimum Gasteiger partial charge on any atom is -0.191 e. The van der Waals surface area contributed by atoms with E-state index in [9.17, 15) is 0 Å². The second kappa shape index (κ2) is 5.10. The number of hydrogen-bond acceptors (Lipinski definition) is 0. The average Bonchev–Trinajstić information content (AvgIpc) is 2.88. The van der Waals surface area contributed by atoms with Gasteiger partial charge in [-0.2, -0.15) is 4.57 Å². The van der Waals surface area contributed by atoms with E-state index in [0.717, 1.165) is 6.42 Å². The van der Waals surface area contributed by atoms with Crippen LogP contribution in [0, 0.1) is 6.92 Å². The molecular weight excluding hydrogens is 266 g/mol. The summed E-state index contributed by atoms with van der Waals surface area (Å²) in [7, 11) is 0. The molecule has 1 aromatic heterocycles. The number of fused-ring (bicyclic) bond motifs is 3. The van der Waals surface area contributed by atoms with E-state index in [1.54, 1.807) is 0 Å². The smallest absolute Gasteiger partial charge is 0.191 e. The van der Waals surface area contributed by atoms with Crippen molar-refractivity contribution in [3.05, 3.63) is 78.0 Å². The molecule has 2 heterocycles. The Kier molecular flexibility index (Phi) is 3.07. The van der Waals surface area contributed by atoms with Crippen molar-refractivity contribution < 1.29 is 4.57 Å². The van der Waals surface area contributed by atoms with Crippen LogP contribution in [0.5, 0.6) is 0 Å². The molecule has 1 atom stereocenters. The van der Waals surface area contributed by atoms with Gasteiger partial charge in [-0.1, -0.05) is 55.5 Å². The zero-order valence-electron chi connectivity index (χ0n) is 13.1. The molecule has 1 aliphatic heterocycles. The van der Waals surface area contributed by atoms with Crippen LogP contribution in [0.4, 0.5) is 0 Å². The molecular formula is C21H20N+. The van der Waals surface area contributed by atoms with E-state index in [1.165, 1.54) is 33.5 Å². The number of rotatable bonds is 2. The monoisotopic (exact) mass is 286 g/mol. The Morgan fingerprint density at radius 1 is 0.909 bits per heavy atom. The summed E-state index contributed by atoms with van der Waals surface area (Å²) in [5.41, 5.74) is 8.15. The third kappa shape index (κ3) is 1.89. The molecule has 0 aliphatic carbocycles. The molecule has 0 bridgehead atoms. The highest BCUT2D eigenvalue weighted by Crippen LogP contribution is 2.37. The molecule has 1 aliphatic rings. The van der Waals surface area contributed by atoms with Crippen molar-refractivity contribution in [3.8, 4) is 22.4 Å². The zero-order valence-corrected chi connectivity index (χ0v) is 13.1. The van der Waals surface area contributed by atoms with Crippen LogP contribution in [0.15, 0.2) is 66.9 Å². The summed E-state index contributed by atoms with van der Waals surface area (Å²) < 4.78 is 2.46. The van der Waals surface area contributed by atoms with Crippen molar-refractivity contribution in [3.63, 3.8) is 0 Å². The summed E-state index contributed by atoms with van der Waals surface area (Å²) in [6.07, 6.45) is 3.46. The van der Waals surface area contributed by atoms with Crippen LogP contribution in [-0.4, -0.2) is 0 Å². The highest BCUT2D eigenvalue weighted by Gasteiger charge is 2.35. The van der Waals surface area contributed by atoms with Crippen molar-refractivity contribution in [2.75, 3.05) is 0 Å². The lowest BCUT2D eigenvalue weighted by molar-refractivity contribution is -0.697. The van der Waals surface area contributed by atoms with Gasteiger partial charge in [0.2, 0.25) is 5.69 Å². The van der Waals surface area contributed by atoms with Crippen LogP contribution < -0.4 is 4.57 Å². The Labute approximate surface area is 131 Å². The molecule has 4 rings (SSSR count). The number of hydrogen-bond donors (Lipinski definition) is 0. The number of aromatic nitrogens is 1. The lowest BCUT2D eigenvalue weighted by Crippen LogP contribution is -2.37. The Bertz CT molecular complexity index is 834. The SMILES string of the molecule is CCC1c2ccccc2-c2cc(C)c(-c3ccccc3)c[n+]21. The quantitative estimate of drug-likeness (QED) is 0.588. The second-order valence-electron chi connectivity index (χ2n) is 6.04. The maximum atomic E-state index is 2.46. The predicted molar refractivity (Wildman–Crippen MR) is 90.7 cm³/mol.